The minimum absolute atomic E-state index is 0.000912. The summed E-state index contributed by atoms with van der Waals surface area (Å²) in [6, 6.07) is 3.74. The normalized spacial score (nSPS) is 24.8. The molecule has 2 saturated carbocycles. The number of aliphatic hydroxyl groups is 2. The average Bonchev–Trinajstić information content (AvgIpc) is 3.41. The highest BCUT2D eigenvalue weighted by Gasteiger charge is 2.44. The van der Waals surface area contributed by atoms with Gasteiger partial charge in [0.25, 0.3) is 0 Å². The lowest BCUT2D eigenvalue weighted by Gasteiger charge is -2.35. The highest BCUT2D eigenvalue weighted by atomic mass is 19.3. The van der Waals surface area contributed by atoms with Crippen molar-refractivity contribution < 1.29 is 23.7 Å². The summed E-state index contributed by atoms with van der Waals surface area (Å²) in [4.78, 5) is 8.76. The van der Waals surface area contributed by atoms with Crippen LogP contribution in [-0.4, -0.2) is 47.9 Å². The van der Waals surface area contributed by atoms with Crippen molar-refractivity contribution in [1.29, 1.82) is 0 Å². The molecule has 3 aromatic rings. The minimum Gasteiger partial charge on any atom is -0.390 e. The number of ether oxygens (including phenoxy) is 1. The second-order valence-electron chi connectivity index (χ2n) is 8.93. The standard InChI is InChI=1S/C23H26F2N4O3/c24-23(25)7-5-22(31,6-8-23)17-13-28-29-9-4-15(10-18(17)29)16-11-26-21(27-12-16)14-32-20-3-1-2-19(20)30/h4,9-13,19-20,30-31H,1-3,5-8,14H2/t19-,20-/m0/s1. The Hall–Kier alpha value is -2.49. The van der Waals surface area contributed by atoms with Gasteiger partial charge in [0, 0.05) is 42.6 Å². The Morgan fingerprint density at radius 3 is 2.50 bits per heavy atom. The van der Waals surface area contributed by atoms with Gasteiger partial charge in [-0.3, -0.25) is 0 Å². The molecule has 5 rings (SSSR count). The van der Waals surface area contributed by atoms with Crippen LogP contribution in [0.3, 0.4) is 0 Å². The third-order valence-electron chi connectivity index (χ3n) is 6.71. The van der Waals surface area contributed by atoms with E-state index in [2.05, 4.69) is 15.1 Å². The van der Waals surface area contributed by atoms with E-state index in [9.17, 15) is 19.0 Å². The maximum atomic E-state index is 13.6. The van der Waals surface area contributed by atoms with Gasteiger partial charge >= 0.3 is 0 Å². The summed E-state index contributed by atoms with van der Waals surface area (Å²) in [5.41, 5.74) is 1.55. The smallest absolute Gasteiger partial charge is 0.248 e. The van der Waals surface area contributed by atoms with Crippen LogP contribution in [-0.2, 0) is 16.9 Å². The number of hydrogen-bond donors (Lipinski definition) is 2. The number of pyridine rings is 1. The quantitative estimate of drug-likeness (QED) is 0.625. The van der Waals surface area contributed by atoms with Gasteiger partial charge in [0.15, 0.2) is 5.82 Å². The van der Waals surface area contributed by atoms with Crippen molar-refractivity contribution in [3.05, 3.63) is 48.3 Å². The van der Waals surface area contributed by atoms with Crippen LogP contribution in [0, 0.1) is 0 Å². The van der Waals surface area contributed by atoms with Crippen LogP contribution < -0.4 is 0 Å². The summed E-state index contributed by atoms with van der Waals surface area (Å²) in [5, 5.41) is 25.2. The number of fused-ring (bicyclic) bond motifs is 1. The van der Waals surface area contributed by atoms with Crippen molar-refractivity contribution in [3.8, 4) is 11.1 Å². The topological polar surface area (TPSA) is 92.8 Å². The van der Waals surface area contributed by atoms with Gasteiger partial charge in [-0.25, -0.2) is 23.3 Å². The number of hydrogen-bond acceptors (Lipinski definition) is 6. The van der Waals surface area contributed by atoms with Crippen LogP contribution in [0.5, 0.6) is 0 Å². The Balaban J connectivity index is 1.35. The van der Waals surface area contributed by atoms with E-state index < -0.39 is 17.6 Å². The highest BCUT2D eigenvalue weighted by Crippen LogP contribution is 2.45. The molecule has 32 heavy (non-hydrogen) atoms. The molecule has 0 unspecified atom stereocenters. The Kier molecular flexibility index (Phi) is 5.43. The first-order valence-corrected chi connectivity index (χ1v) is 11.0. The second kappa shape index (κ2) is 8.13. The zero-order chi connectivity index (χ0) is 22.3. The van der Waals surface area contributed by atoms with Crippen molar-refractivity contribution in [3.63, 3.8) is 0 Å². The molecule has 0 aliphatic heterocycles. The van der Waals surface area contributed by atoms with E-state index in [4.69, 9.17) is 4.74 Å². The van der Waals surface area contributed by atoms with Crippen molar-refractivity contribution in [1.82, 2.24) is 19.6 Å². The molecule has 2 aliphatic carbocycles. The van der Waals surface area contributed by atoms with E-state index in [0.717, 1.165) is 30.4 Å². The lowest BCUT2D eigenvalue weighted by atomic mass is 9.78. The van der Waals surface area contributed by atoms with Crippen LogP contribution in [0.1, 0.15) is 56.3 Å². The SMILES string of the molecule is O[C@H]1CCC[C@@H]1OCc1ncc(-c2ccn3ncc(C4(O)CCC(F)(F)CC4)c3c2)cn1. The summed E-state index contributed by atoms with van der Waals surface area (Å²) >= 11 is 0. The van der Waals surface area contributed by atoms with Crippen LogP contribution in [0.25, 0.3) is 16.6 Å². The second-order valence-corrected chi connectivity index (χ2v) is 8.93. The van der Waals surface area contributed by atoms with E-state index in [-0.39, 0.29) is 38.4 Å². The molecule has 3 heterocycles. The lowest BCUT2D eigenvalue weighted by molar-refractivity contribution is -0.106. The van der Waals surface area contributed by atoms with Crippen LogP contribution >= 0.6 is 0 Å². The minimum atomic E-state index is -2.72. The molecule has 0 spiro atoms. The molecule has 2 aliphatic rings. The maximum absolute atomic E-state index is 13.6. The van der Waals surface area contributed by atoms with Crippen LogP contribution in [0.2, 0.25) is 0 Å². The number of aliphatic hydroxyl groups excluding tert-OH is 1. The fourth-order valence-corrected chi connectivity index (χ4v) is 4.68. The molecular formula is C23H26F2N4O3. The van der Waals surface area contributed by atoms with Crippen molar-refractivity contribution in [2.45, 2.75) is 75.3 Å². The van der Waals surface area contributed by atoms with Gasteiger partial charge in [-0.05, 0) is 49.8 Å². The first-order valence-electron chi connectivity index (χ1n) is 11.0. The van der Waals surface area contributed by atoms with Gasteiger partial charge in [-0.1, -0.05) is 0 Å². The first kappa shape index (κ1) is 21.4. The van der Waals surface area contributed by atoms with E-state index in [1.807, 2.05) is 12.1 Å². The Bertz CT molecular complexity index is 1090. The number of nitrogens with zero attached hydrogens (tertiary/aromatic N) is 4. The molecular weight excluding hydrogens is 418 g/mol. The van der Waals surface area contributed by atoms with Crippen molar-refractivity contribution in [2.24, 2.45) is 0 Å². The molecule has 0 amide bonds. The Morgan fingerprint density at radius 2 is 1.81 bits per heavy atom. The summed E-state index contributed by atoms with van der Waals surface area (Å²) in [5.74, 6) is -2.18. The van der Waals surface area contributed by atoms with Gasteiger partial charge in [-0.2, -0.15) is 5.10 Å². The molecule has 0 bridgehead atoms. The van der Waals surface area contributed by atoms with E-state index in [1.54, 1.807) is 29.3 Å². The largest absolute Gasteiger partial charge is 0.390 e. The van der Waals surface area contributed by atoms with Gasteiger partial charge in [-0.15, -0.1) is 0 Å². The van der Waals surface area contributed by atoms with E-state index in [0.29, 0.717) is 16.9 Å². The molecule has 3 aromatic heterocycles. The van der Waals surface area contributed by atoms with Gasteiger partial charge in [0.2, 0.25) is 5.92 Å². The first-order chi connectivity index (χ1) is 15.3. The molecule has 170 valence electrons. The molecule has 0 saturated heterocycles. The third kappa shape index (κ3) is 4.12. The van der Waals surface area contributed by atoms with E-state index in [1.165, 1.54) is 0 Å². The number of rotatable bonds is 5. The molecule has 7 nitrogen and oxygen atoms in total. The summed E-state index contributed by atoms with van der Waals surface area (Å²) < 4.78 is 34.6. The predicted octanol–water partition coefficient (Wildman–Crippen LogP) is 3.62. The predicted molar refractivity (Wildman–Crippen MR) is 112 cm³/mol. The van der Waals surface area contributed by atoms with Crippen LogP contribution in [0.15, 0.2) is 36.9 Å². The fraction of sp³-hybridized carbons (Fsp3) is 0.522. The molecule has 9 heteroatoms. The number of aromatic nitrogens is 4. The average molecular weight is 444 g/mol. The third-order valence-corrected chi connectivity index (χ3v) is 6.71. The summed E-state index contributed by atoms with van der Waals surface area (Å²) in [6.07, 6.45) is 8.06. The van der Waals surface area contributed by atoms with Gasteiger partial charge < -0.3 is 14.9 Å². The maximum Gasteiger partial charge on any atom is 0.248 e. The lowest BCUT2D eigenvalue weighted by Crippen LogP contribution is -2.36. The Morgan fingerprint density at radius 1 is 1.06 bits per heavy atom. The van der Waals surface area contributed by atoms with Crippen molar-refractivity contribution in [2.75, 3.05) is 0 Å². The van der Waals surface area contributed by atoms with Gasteiger partial charge in [0.05, 0.1) is 29.5 Å². The number of halogens is 2. The monoisotopic (exact) mass is 444 g/mol. The summed E-state index contributed by atoms with van der Waals surface area (Å²) in [7, 11) is 0. The summed E-state index contributed by atoms with van der Waals surface area (Å²) in [6.45, 7) is 0.242. The van der Waals surface area contributed by atoms with Gasteiger partial charge in [0.1, 0.15) is 6.61 Å². The molecule has 0 aromatic carbocycles. The zero-order valence-corrected chi connectivity index (χ0v) is 17.6. The van der Waals surface area contributed by atoms with E-state index >= 15 is 0 Å². The molecule has 2 atom stereocenters. The number of alkyl halides is 2. The highest BCUT2D eigenvalue weighted by molar-refractivity contribution is 5.70. The van der Waals surface area contributed by atoms with Crippen LogP contribution in [0.4, 0.5) is 8.78 Å². The molecule has 2 N–H and O–H groups in total. The Labute approximate surface area is 184 Å². The zero-order valence-electron chi connectivity index (χ0n) is 17.6. The molecule has 2 fully saturated rings. The van der Waals surface area contributed by atoms with Crippen molar-refractivity contribution >= 4 is 5.52 Å². The molecule has 0 radical (unpaired) electrons. The fourth-order valence-electron chi connectivity index (χ4n) is 4.68.